The quantitative estimate of drug-likeness (QED) is 0.275. The zero-order chi connectivity index (χ0) is 24.7. The van der Waals surface area contributed by atoms with Gasteiger partial charge in [0.1, 0.15) is 4.83 Å². The summed E-state index contributed by atoms with van der Waals surface area (Å²) in [4.78, 5) is 32.1. The molecule has 0 amide bonds. The molecular weight excluding hydrogens is 476 g/mol. The first-order chi connectivity index (χ1) is 16.7. The Labute approximate surface area is 212 Å². The number of carbonyl (C=O) groups excluding carboxylic acids is 1. The number of carboxylic acids is 1. The summed E-state index contributed by atoms with van der Waals surface area (Å²) in [6, 6.07) is 16.3. The molecule has 0 spiro atoms. The van der Waals surface area contributed by atoms with Crippen LogP contribution in [0.15, 0.2) is 64.5 Å². The van der Waals surface area contributed by atoms with E-state index < -0.39 is 5.97 Å². The number of aromatic carboxylic acids is 1. The van der Waals surface area contributed by atoms with E-state index in [1.807, 2.05) is 30.3 Å². The van der Waals surface area contributed by atoms with Crippen molar-refractivity contribution in [3.63, 3.8) is 0 Å². The van der Waals surface area contributed by atoms with Crippen LogP contribution in [0.1, 0.15) is 53.6 Å². The summed E-state index contributed by atoms with van der Waals surface area (Å²) < 4.78 is 1.73. The third-order valence-corrected chi connectivity index (χ3v) is 9.01. The fourth-order valence-electron chi connectivity index (χ4n) is 4.73. The molecule has 0 bridgehead atoms. The Morgan fingerprint density at radius 3 is 2.51 bits per heavy atom. The highest BCUT2D eigenvalue weighted by molar-refractivity contribution is 7.98. The number of para-hydroxylation sites is 1. The highest BCUT2D eigenvalue weighted by Gasteiger charge is 2.32. The van der Waals surface area contributed by atoms with Gasteiger partial charge in [-0.05, 0) is 59.4 Å². The summed E-state index contributed by atoms with van der Waals surface area (Å²) in [5, 5.41) is 12.5. The van der Waals surface area contributed by atoms with E-state index >= 15 is 0 Å². The number of carboxylic acid groups (broad SMARTS) is 1. The molecular formula is C28H27N2O3S2-. The molecule has 0 saturated carbocycles. The van der Waals surface area contributed by atoms with Gasteiger partial charge in [-0.15, -0.1) is 11.3 Å². The molecule has 0 aliphatic heterocycles. The summed E-state index contributed by atoms with van der Waals surface area (Å²) >= 11 is 3.15. The van der Waals surface area contributed by atoms with Crippen molar-refractivity contribution in [3.05, 3.63) is 86.5 Å². The number of nitrogens with zero attached hydrogens (tertiary/aromatic N) is 2. The predicted octanol–water partition coefficient (Wildman–Crippen LogP) is 5.25. The van der Waals surface area contributed by atoms with Crippen LogP contribution in [0.2, 0.25) is 0 Å². The van der Waals surface area contributed by atoms with Crippen LogP contribution < -0.4 is 10.7 Å². The van der Waals surface area contributed by atoms with Crippen molar-refractivity contribution in [2.75, 3.05) is 0 Å². The molecule has 1 unspecified atom stereocenters. The van der Waals surface area contributed by atoms with Crippen LogP contribution in [-0.2, 0) is 18.6 Å². The van der Waals surface area contributed by atoms with Crippen molar-refractivity contribution in [3.8, 4) is 5.69 Å². The standard InChI is InChI=1S/C28H28N2O3S2/c1-28(2,3)19-13-14-21-22(15-19)35-24-23(21)25(31)30(20-7-5-4-6-8-20)27(29-24)34-16-17-9-11-18(12-10-17)26(32)33/h4-12,19H,13-16H2,1-3H3,(H,32,33)/p-1. The third-order valence-electron chi connectivity index (χ3n) is 6.85. The van der Waals surface area contributed by atoms with Gasteiger partial charge < -0.3 is 9.90 Å². The molecule has 5 rings (SSSR count). The summed E-state index contributed by atoms with van der Waals surface area (Å²) in [5.74, 6) is -0.0308. The van der Waals surface area contributed by atoms with Gasteiger partial charge >= 0.3 is 0 Å². The van der Waals surface area contributed by atoms with E-state index in [2.05, 4.69) is 20.8 Å². The van der Waals surface area contributed by atoms with E-state index in [0.29, 0.717) is 16.8 Å². The SMILES string of the molecule is CC(C)(C)C1CCc2c(sc3nc(SCc4ccc(C(=O)[O-])cc4)n(-c4ccccc4)c(=O)c23)C1. The van der Waals surface area contributed by atoms with Crippen LogP contribution in [0.3, 0.4) is 0 Å². The molecule has 2 heterocycles. The molecule has 2 aromatic carbocycles. The van der Waals surface area contributed by atoms with Crippen LogP contribution in [0.4, 0.5) is 0 Å². The minimum Gasteiger partial charge on any atom is -0.545 e. The van der Waals surface area contributed by atoms with Gasteiger partial charge in [0.15, 0.2) is 5.16 Å². The number of hydrogen-bond donors (Lipinski definition) is 0. The van der Waals surface area contributed by atoms with E-state index in [1.54, 1.807) is 40.2 Å². The van der Waals surface area contributed by atoms with Crippen LogP contribution in [0.5, 0.6) is 0 Å². The number of hydrogen-bond acceptors (Lipinski definition) is 6. The number of benzene rings is 2. The van der Waals surface area contributed by atoms with Gasteiger partial charge in [0, 0.05) is 10.6 Å². The highest BCUT2D eigenvalue weighted by atomic mass is 32.2. The Morgan fingerprint density at radius 2 is 1.86 bits per heavy atom. The van der Waals surface area contributed by atoms with E-state index in [9.17, 15) is 14.7 Å². The fourth-order valence-corrected chi connectivity index (χ4v) is 7.04. The summed E-state index contributed by atoms with van der Waals surface area (Å²) in [6.45, 7) is 6.89. The lowest BCUT2D eigenvalue weighted by Crippen LogP contribution is -2.27. The van der Waals surface area contributed by atoms with Crippen molar-refractivity contribution in [2.24, 2.45) is 11.3 Å². The number of carbonyl (C=O) groups is 1. The van der Waals surface area contributed by atoms with Gasteiger partial charge in [-0.25, -0.2) is 4.98 Å². The second kappa shape index (κ2) is 9.28. The number of aromatic nitrogens is 2. The van der Waals surface area contributed by atoms with Gasteiger partial charge in [-0.1, -0.05) is 75.0 Å². The zero-order valence-corrected chi connectivity index (χ0v) is 21.7. The first-order valence-electron chi connectivity index (χ1n) is 11.8. The molecule has 0 fully saturated rings. The summed E-state index contributed by atoms with van der Waals surface area (Å²) in [7, 11) is 0. The molecule has 0 radical (unpaired) electrons. The second-order valence-corrected chi connectivity index (χ2v) is 12.2. The second-order valence-electron chi connectivity index (χ2n) is 10.1. The Kier molecular flexibility index (Phi) is 6.32. The van der Waals surface area contributed by atoms with Crippen molar-refractivity contribution < 1.29 is 9.90 Å². The molecule has 0 N–H and O–H groups in total. The minimum absolute atomic E-state index is 0.0114. The highest BCUT2D eigenvalue weighted by Crippen LogP contribution is 2.42. The fraction of sp³-hybridized carbons (Fsp3) is 0.321. The molecule has 1 aliphatic rings. The Balaban J connectivity index is 1.57. The minimum atomic E-state index is -1.19. The normalized spacial score (nSPS) is 15.8. The average molecular weight is 504 g/mol. The van der Waals surface area contributed by atoms with Crippen LogP contribution in [0, 0.1) is 11.3 Å². The average Bonchev–Trinajstić information content (AvgIpc) is 3.21. The lowest BCUT2D eigenvalue weighted by atomic mass is 9.72. The van der Waals surface area contributed by atoms with E-state index in [1.165, 1.54) is 22.2 Å². The number of thiophene rings is 1. The maximum Gasteiger partial charge on any atom is 0.267 e. The molecule has 35 heavy (non-hydrogen) atoms. The molecule has 1 aliphatic carbocycles. The molecule has 2 aromatic heterocycles. The molecule has 4 aromatic rings. The van der Waals surface area contributed by atoms with Gasteiger partial charge in [0.2, 0.25) is 0 Å². The van der Waals surface area contributed by atoms with Crippen molar-refractivity contribution in [2.45, 2.75) is 50.9 Å². The maximum absolute atomic E-state index is 13.9. The molecule has 1 atom stereocenters. The maximum atomic E-state index is 13.9. The Morgan fingerprint density at radius 1 is 1.14 bits per heavy atom. The lowest BCUT2D eigenvalue weighted by Gasteiger charge is -2.33. The monoisotopic (exact) mass is 503 g/mol. The topological polar surface area (TPSA) is 75.0 Å². The number of thioether (sulfide) groups is 1. The summed E-state index contributed by atoms with van der Waals surface area (Å²) in [5.41, 5.74) is 3.30. The lowest BCUT2D eigenvalue weighted by molar-refractivity contribution is -0.255. The molecule has 0 saturated heterocycles. The van der Waals surface area contributed by atoms with Gasteiger partial charge in [0.05, 0.1) is 17.0 Å². The predicted molar refractivity (Wildman–Crippen MR) is 141 cm³/mol. The smallest absolute Gasteiger partial charge is 0.267 e. The van der Waals surface area contributed by atoms with Crippen LogP contribution in [0.25, 0.3) is 15.9 Å². The van der Waals surface area contributed by atoms with Gasteiger partial charge in [-0.2, -0.15) is 0 Å². The van der Waals surface area contributed by atoms with Crippen molar-refractivity contribution >= 4 is 39.3 Å². The van der Waals surface area contributed by atoms with Crippen molar-refractivity contribution in [1.82, 2.24) is 9.55 Å². The number of aryl methyl sites for hydroxylation is 1. The Hall–Kier alpha value is -2.90. The largest absolute Gasteiger partial charge is 0.545 e. The van der Waals surface area contributed by atoms with Gasteiger partial charge in [-0.3, -0.25) is 9.36 Å². The van der Waals surface area contributed by atoms with E-state index in [4.69, 9.17) is 4.98 Å². The third kappa shape index (κ3) is 4.67. The molecule has 180 valence electrons. The first kappa shape index (κ1) is 23.8. The Bertz CT molecular complexity index is 1450. The van der Waals surface area contributed by atoms with E-state index in [0.717, 1.165) is 40.7 Å². The zero-order valence-electron chi connectivity index (χ0n) is 20.0. The van der Waals surface area contributed by atoms with Crippen LogP contribution >= 0.6 is 23.1 Å². The summed E-state index contributed by atoms with van der Waals surface area (Å²) in [6.07, 6.45) is 3.00. The van der Waals surface area contributed by atoms with Crippen molar-refractivity contribution in [1.29, 1.82) is 0 Å². The number of rotatable bonds is 5. The van der Waals surface area contributed by atoms with E-state index in [-0.39, 0.29) is 16.5 Å². The first-order valence-corrected chi connectivity index (χ1v) is 13.6. The van der Waals surface area contributed by atoms with Gasteiger partial charge in [0.25, 0.3) is 5.56 Å². The van der Waals surface area contributed by atoms with Crippen LogP contribution in [-0.4, -0.2) is 15.5 Å². The molecule has 5 nitrogen and oxygen atoms in total. The number of fused-ring (bicyclic) bond motifs is 3. The molecule has 7 heteroatoms.